The number of hydrogen-bond donors (Lipinski definition) is 1. The predicted octanol–water partition coefficient (Wildman–Crippen LogP) is 4.36. The molecule has 29 heavy (non-hydrogen) atoms. The zero-order chi connectivity index (χ0) is 20.8. The van der Waals surface area contributed by atoms with E-state index in [0.717, 1.165) is 37.3 Å². The summed E-state index contributed by atoms with van der Waals surface area (Å²) >= 11 is 5.87. The summed E-state index contributed by atoms with van der Waals surface area (Å²) in [6.07, 6.45) is -2.91. The van der Waals surface area contributed by atoms with Gasteiger partial charge in [-0.1, -0.05) is 23.7 Å². The van der Waals surface area contributed by atoms with Crippen molar-refractivity contribution in [2.75, 3.05) is 4.72 Å². The Morgan fingerprint density at radius 1 is 1.10 bits per heavy atom. The molecule has 6 nitrogen and oxygen atoms in total. The standard InChI is InChI=1S/C18H14ClF3N4O2S/c19-14-7-6-12(18(20,21)22)10-15(14)29(27,28)25-13-4-1-3-11(9-13)17-24-23-16-5-2-8-26(16)17/h1,3-4,6-7,9-10,25H,2,5,8H2. The van der Waals surface area contributed by atoms with E-state index >= 15 is 0 Å². The van der Waals surface area contributed by atoms with Crippen LogP contribution in [0.1, 0.15) is 17.8 Å². The molecule has 0 saturated heterocycles. The lowest BCUT2D eigenvalue weighted by molar-refractivity contribution is -0.137. The molecule has 4 rings (SSSR count). The van der Waals surface area contributed by atoms with Gasteiger partial charge >= 0.3 is 6.18 Å². The lowest BCUT2D eigenvalue weighted by atomic mass is 10.2. The molecule has 0 spiro atoms. The highest BCUT2D eigenvalue weighted by atomic mass is 35.5. The molecule has 2 heterocycles. The number of hydrogen-bond acceptors (Lipinski definition) is 4. The van der Waals surface area contributed by atoms with Gasteiger partial charge in [-0.2, -0.15) is 13.2 Å². The van der Waals surface area contributed by atoms with Crippen LogP contribution in [0.15, 0.2) is 47.4 Å². The monoisotopic (exact) mass is 442 g/mol. The average molecular weight is 443 g/mol. The van der Waals surface area contributed by atoms with Gasteiger partial charge in [0.05, 0.1) is 10.6 Å². The number of nitrogens with zero attached hydrogens (tertiary/aromatic N) is 3. The molecule has 2 aromatic carbocycles. The molecule has 0 saturated carbocycles. The van der Waals surface area contributed by atoms with Crippen molar-refractivity contribution in [2.24, 2.45) is 0 Å². The van der Waals surface area contributed by atoms with E-state index in [1.807, 2.05) is 4.57 Å². The highest BCUT2D eigenvalue weighted by Gasteiger charge is 2.33. The quantitative estimate of drug-likeness (QED) is 0.651. The maximum Gasteiger partial charge on any atom is 0.416 e. The molecule has 152 valence electrons. The molecule has 11 heteroatoms. The fraction of sp³-hybridized carbons (Fsp3) is 0.222. The molecule has 1 N–H and O–H groups in total. The number of aryl methyl sites for hydroxylation is 1. The molecule has 3 aromatic rings. The van der Waals surface area contributed by atoms with E-state index in [1.165, 1.54) is 6.07 Å². The molecule has 1 aliphatic rings. The lowest BCUT2D eigenvalue weighted by Gasteiger charge is -2.13. The van der Waals surface area contributed by atoms with Crippen LogP contribution in [0.4, 0.5) is 18.9 Å². The first-order valence-corrected chi connectivity index (χ1v) is 10.4. The highest BCUT2D eigenvalue weighted by Crippen LogP contribution is 2.34. The van der Waals surface area contributed by atoms with Gasteiger partial charge in [0.2, 0.25) is 0 Å². The van der Waals surface area contributed by atoms with Gasteiger partial charge in [0.15, 0.2) is 5.82 Å². The summed E-state index contributed by atoms with van der Waals surface area (Å²) in [5, 5.41) is 7.96. The summed E-state index contributed by atoms with van der Waals surface area (Å²) in [5.74, 6) is 1.47. The van der Waals surface area contributed by atoms with Gasteiger partial charge in [-0.25, -0.2) is 8.42 Å². The summed E-state index contributed by atoms with van der Waals surface area (Å²) in [7, 11) is -4.35. The molecule has 0 bridgehead atoms. The maximum absolute atomic E-state index is 13.0. The van der Waals surface area contributed by atoms with E-state index in [-0.39, 0.29) is 10.7 Å². The van der Waals surface area contributed by atoms with Gasteiger partial charge in [0.25, 0.3) is 10.0 Å². The van der Waals surface area contributed by atoms with Crippen LogP contribution >= 0.6 is 11.6 Å². The Morgan fingerprint density at radius 3 is 2.66 bits per heavy atom. The fourth-order valence-electron chi connectivity index (χ4n) is 3.18. The zero-order valence-corrected chi connectivity index (χ0v) is 16.3. The van der Waals surface area contributed by atoms with Gasteiger partial charge in [-0.3, -0.25) is 4.72 Å². The average Bonchev–Trinajstić information content (AvgIpc) is 3.24. The first-order valence-electron chi connectivity index (χ1n) is 8.57. The lowest BCUT2D eigenvalue weighted by Crippen LogP contribution is -2.15. The van der Waals surface area contributed by atoms with Crippen molar-refractivity contribution in [3.8, 4) is 11.4 Å². The SMILES string of the molecule is O=S(=O)(Nc1cccc(-c2nnc3n2CCC3)c1)c1cc(C(F)(F)F)ccc1Cl. The number of benzene rings is 2. The number of sulfonamides is 1. The second kappa shape index (κ2) is 7.03. The fourth-order valence-corrected chi connectivity index (χ4v) is 4.76. The predicted molar refractivity (Wildman–Crippen MR) is 101 cm³/mol. The third kappa shape index (κ3) is 3.82. The third-order valence-electron chi connectivity index (χ3n) is 4.53. The minimum atomic E-state index is -4.69. The number of anilines is 1. The van der Waals surface area contributed by atoms with E-state index in [2.05, 4.69) is 14.9 Å². The summed E-state index contributed by atoms with van der Waals surface area (Å²) in [5.41, 5.74) is -0.289. The smallest absolute Gasteiger partial charge is 0.311 e. The first-order chi connectivity index (χ1) is 13.6. The molecular formula is C18H14ClF3N4O2S. The van der Waals surface area contributed by atoms with Crippen molar-refractivity contribution in [2.45, 2.75) is 30.5 Å². The van der Waals surface area contributed by atoms with Gasteiger partial charge in [0.1, 0.15) is 10.7 Å². The van der Waals surface area contributed by atoms with Crippen LogP contribution in [0.2, 0.25) is 5.02 Å². The molecule has 1 aromatic heterocycles. The molecule has 0 fully saturated rings. The second-order valence-electron chi connectivity index (χ2n) is 6.52. The summed E-state index contributed by atoms with van der Waals surface area (Å²) in [6, 6.07) is 8.57. The number of aromatic nitrogens is 3. The zero-order valence-electron chi connectivity index (χ0n) is 14.7. The van der Waals surface area contributed by atoms with Crippen LogP contribution in [0.5, 0.6) is 0 Å². The molecule has 0 atom stereocenters. The van der Waals surface area contributed by atoms with E-state index in [4.69, 9.17) is 11.6 Å². The Balaban J connectivity index is 1.67. The van der Waals surface area contributed by atoms with Crippen molar-refractivity contribution < 1.29 is 21.6 Å². The van der Waals surface area contributed by atoms with Crippen molar-refractivity contribution in [3.05, 3.63) is 58.9 Å². The normalized spacial score (nSPS) is 14.1. The summed E-state index contributed by atoms with van der Waals surface area (Å²) in [6.45, 7) is 0.771. The minimum absolute atomic E-state index is 0.173. The van der Waals surface area contributed by atoms with Crippen LogP contribution in [0.25, 0.3) is 11.4 Å². The molecule has 1 aliphatic heterocycles. The van der Waals surface area contributed by atoms with E-state index < -0.39 is 26.7 Å². The maximum atomic E-state index is 13.0. The van der Waals surface area contributed by atoms with E-state index in [9.17, 15) is 21.6 Å². The Kier molecular flexibility index (Phi) is 4.78. The van der Waals surface area contributed by atoms with Crippen LogP contribution in [-0.2, 0) is 29.2 Å². The molecule has 0 radical (unpaired) electrons. The number of rotatable bonds is 4. The number of nitrogens with one attached hydrogen (secondary N) is 1. The van der Waals surface area contributed by atoms with Crippen molar-refractivity contribution in [1.82, 2.24) is 14.8 Å². The molecular weight excluding hydrogens is 429 g/mol. The van der Waals surface area contributed by atoms with Gasteiger partial charge in [-0.15, -0.1) is 10.2 Å². The van der Waals surface area contributed by atoms with Crippen LogP contribution in [0.3, 0.4) is 0 Å². The van der Waals surface area contributed by atoms with Crippen LogP contribution in [0, 0.1) is 0 Å². The van der Waals surface area contributed by atoms with Gasteiger partial charge < -0.3 is 4.57 Å². The van der Waals surface area contributed by atoms with Crippen LogP contribution < -0.4 is 4.72 Å². The van der Waals surface area contributed by atoms with E-state index in [0.29, 0.717) is 17.5 Å². The van der Waals surface area contributed by atoms with Crippen molar-refractivity contribution >= 4 is 27.3 Å². The number of halogens is 4. The number of alkyl halides is 3. The Hall–Kier alpha value is -2.59. The Morgan fingerprint density at radius 2 is 1.90 bits per heavy atom. The summed E-state index contributed by atoms with van der Waals surface area (Å²) in [4.78, 5) is -0.650. The van der Waals surface area contributed by atoms with Gasteiger partial charge in [0, 0.05) is 24.2 Å². The summed E-state index contributed by atoms with van der Waals surface area (Å²) < 4.78 is 68.5. The van der Waals surface area contributed by atoms with Crippen molar-refractivity contribution in [1.29, 1.82) is 0 Å². The third-order valence-corrected chi connectivity index (χ3v) is 6.39. The largest absolute Gasteiger partial charge is 0.416 e. The van der Waals surface area contributed by atoms with E-state index in [1.54, 1.807) is 18.2 Å². The van der Waals surface area contributed by atoms with Crippen molar-refractivity contribution in [3.63, 3.8) is 0 Å². The Bertz CT molecular complexity index is 1190. The minimum Gasteiger partial charge on any atom is -0.311 e. The first kappa shape index (κ1) is 19.7. The Labute approximate surface area is 169 Å². The highest BCUT2D eigenvalue weighted by molar-refractivity contribution is 7.92. The molecule has 0 amide bonds. The number of fused-ring (bicyclic) bond motifs is 1. The molecule has 0 aliphatic carbocycles. The topological polar surface area (TPSA) is 76.9 Å². The molecule has 0 unspecified atom stereocenters. The van der Waals surface area contributed by atoms with Gasteiger partial charge in [-0.05, 0) is 36.8 Å². The van der Waals surface area contributed by atoms with Crippen LogP contribution in [-0.4, -0.2) is 23.2 Å². The second-order valence-corrected chi connectivity index (χ2v) is 8.58.